The number of carbonyl (C=O) groups excluding carboxylic acids is 1. The lowest BCUT2D eigenvalue weighted by Gasteiger charge is -2.07. The quantitative estimate of drug-likeness (QED) is 0.562. The van der Waals surface area contributed by atoms with Crippen LogP contribution in [0.3, 0.4) is 0 Å². The van der Waals surface area contributed by atoms with Crippen molar-refractivity contribution in [3.8, 4) is 0 Å². The molecule has 0 aliphatic rings. The molecule has 0 aliphatic heterocycles. The normalized spacial score (nSPS) is 11.3. The zero-order valence-corrected chi connectivity index (χ0v) is 9.42. The first-order chi connectivity index (χ1) is 6.00. The summed E-state index contributed by atoms with van der Waals surface area (Å²) in [5, 5.41) is -0.497. The topological polar surface area (TPSA) is 17.1 Å². The number of alkyl halides is 3. The lowest BCUT2D eigenvalue weighted by molar-refractivity contribution is -0.110. The zero-order valence-electron chi connectivity index (χ0n) is 6.34. The van der Waals surface area contributed by atoms with Crippen molar-refractivity contribution in [1.82, 2.24) is 0 Å². The van der Waals surface area contributed by atoms with Crippen LogP contribution in [0.15, 0.2) is 35.2 Å². The molecular weight excluding hydrogens is 251 g/mol. The molecule has 0 saturated heterocycles. The molecule has 70 valence electrons. The third-order valence-electron chi connectivity index (χ3n) is 1.19. The van der Waals surface area contributed by atoms with E-state index < -0.39 is 8.91 Å². The molecule has 0 bridgehead atoms. The van der Waals surface area contributed by atoms with Crippen molar-refractivity contribution in [2.75, 3.05) is 0 Å². The van der Waals surface area contributed by atoms with E-state index in [0.717, 1.165) is 16.7 Å². The first kappa shape index (κ1) is 11.2. The van der Waals surface area contributed by atoms with Gasteiger partial charge in [-0.05, 0) is 23.9 Å². The van der Waals surface area contributed by atoms with Crippen molar-refractivity contribution in [3.05, 3.63) is 30.3 Å². The molecule has 1 aromatic rings. The van der Waals surface area contributed by atoms with Crippen molar-refractivity contribution < 1.29 is 4.79 Å². The highest BCUT2D eigenvalue weighted by Gasteiger charge is 2.31. The van der Waals surface area contributed by atoms with Crippen LogP contribution in [0.1, 0.15) is 0 Å². The molecule has 0 aromatic heterocycles. The minimum absolute atomic E-state index is 0.497. The van der Waals surface area contributed by atoms with Gasteiger partial charge in [-0.25, -0.2) is 0 Å². The Hall–Kier alpha value is 0.110. The molecule has 1 nitrogen and oxygen atoms in total. The molecule has 0 radical (unpaired) electrons. The highest BCUT2D eigenvalue weighted by Crippen LogP contribution is 2.34. The minimum atomic E-state index is -1.85. The largest absolute Gasteiger partial charge is 0.282 e. The summed E-state index contributed by atoms with van der Waals surface area (Å²) in [4.78, 5) is 12.0. The van der Waals surface area contributed by atoms with Crippen LogP contribution in [0.4, 0.5) is 0 Å². The maximum absolute atomic E-state index is 11.2. The van der Waals surface area contributed by atoms with Gasteiger partial charge in [0.1, 0.15) is 0 Å². The van der Waals surface area contributed by atoms with Crippen LogP contribution in [-0.4, -0.2) is 8.91 Å². The van der Waals surface area contributed by atoms with Gasteiger partial charge in [0.05, 0.1) is 0 Å². The number of hydrogen-bond acceptors (Lipinski definition) is 2. The third kappa shape index (κ3) is 3.77. The Morgan fingerprint density at radius 2 is 1.69 bits per heavy atom. The fraction of sp³-hybridized carbons (Fsp3) is 0.125. The van der Waals surface area contributed by atoms with Gasteiger partial charge in [-0.15, -0.1) is 0 Å². The Kier molecular flexibility index (Phi) is 3.92. The van der Waals surface area contributed by atoms with E-state index in [1.807, 2.05) is 18.2 Å². The van der Waals surface area contributed by atoms with Crippen LogP contribution in [0.2, 0.25) is 0 Å². The molecule has 0 aliphatic carbocycles. The predicted molar refractivity (Wildman–Crippen MR) is 57.6 cm³/mol. The first-order valence-electron chi connectivity index (χ1n) is 3.34. The van der Waals surface area contributed by atoms with Gasteiger partial charge in [-0.1, -0.05) is 53.0 Å². The summed E-state index contributed by atoms with van der Waals surface area (Å²) in [6.07, 6.45) is 0. The van der Waals surface area contributed by atoms with E-state index in [9.17, 15) is 4.79 Å². The zero-order chi connectivity index (χ0) is 9.90. The molecule has 13 heavy (non-hydrogen) atoms. The van der Waals surface area contributed by atoms with Gasteiger partial charge in [0.25, 0.3) is 3.79 Å². The summed E-state index contributed by atoms with van der Waals surface area (Å²) in [5.74, 6) is 0. The third-order valence-corrected chi connectivity index (χ3v) is 3.04. The molecule has 0 unspecified atom stereocenters. The van der Waals surface area contributed by atoms with Crippen molar-refractivity contribution in [2.24, 2.45) is 0 Å². The van der Waals surface area contributed by atoms with Gasteiger partial charge < -0.3 is 0 Å². The van der Waals surface area contributed by atoms with Crippen LogP contribution in [0, 0.1) is 0 Å². The van der Waals surface area contributed by atoms with Crippen molar-refractivity contribution in [1.29, 1.82) is 0 Å². The number of rotatable bonds is 1. The second-order valence-corrected chi connectivity index (χ2v) is 5.53. The average molecular weight is 256 g/mol. The van der Waals surface area contributed by atoms with Crippen molar-refractivity contribution >= 4 is 51.7 Å². The highest BCUT2D eigenvalue weighted by molar-refractivity contribution is 8.14. The smallest absolute Gasteiger partial charge is 0.259 e. The van der Waals surface area contributed by atoms with Crippen LogP contribution < -0.4 is 0 Å². The molecule has 0 heterocycles. The van der Waals surface area contributed by atoms with Crippen molar-refractivity contribution in [3.63, 3.8) is 0 Å². The van der Waals surface area contributed by atoms with E-state index >= 15 is 0 Å². The number of carbonyl (C=O) groups is 1. The molecule has 0 N–H and O–H groups in total. The molecule has 0 atom stereocenters. The summed E-state index contributed by atoms with van der Waals surface area (Å²) in [6, 6.07) is 9.03. The monoisotopic (exact) mass is 254 g/mol. The molecule has 1 aromatic carbocycles. The van der Waals surface area contributed by atoms with E-state index in [1.165, 1.54) is 0 Å². The summed E-state index contributed by atoms with van der Waals surface area (Å²) >= 11 is 17.1. The van der Waals surface area contributed by atoms with E-state index in [-0.39, 0.29) is 0 Å². The van der Waals surface area contributed by atoms with Crippen LogP contribution in [-0.2, 0) is 4.79 Å². The Morgan fingerprint density at radius 1 is 1.15 bits per heavy atom. The Bertz CT molecular complexity index is 294. The second-order valence-electron chi connectivity index (χ2n) is 2.20. The number of thioether (sulfide) groups is 1. The maximum atomic E-state index is 11.2. The highest BCUT2D eigenvalue weighted by atomic mass is 35.6. The van der Waals surface area contributed by atoms with Crippen molar-refractivity contribution in [2.45, 2.75) is 8.69 Å². The van der Waals surface area contributed by atoms with Crippen LogP contribution >= 0.6 is 46.6 Å². The Morgan fingerprint density at radius 3 is 2.15 bits per heavy atom. The van der Waals surface area contributed by atoms with E-state index in [4.69, 9.17) is 34.8 Å². The van der Waals surface area contributed by atoms with Gasteiger partial charge in [0.2, 0.25) is 5.12 Å². The standard InChI is InChI=1S/C8H5Cl3OS/c9-8(10,11)7(12)13-6-4-2-1-3-5-6/h1-5H. The number of hydrogen-bond donors (Lipinski definition) is 0. The fourth-order valence-electron chi connectivity index (χ4n) is 0.653. The summed E-state index contributed by atoms with van der Waals surface area (Å²) in [5.41, 5.74) is 0. The Balaban J connectivity index is 2.66. The molecular formula is C8H5Cl3OS. The van der Waals surface area contributed by atoms with E-state index in [0.29, 0.717) is 0 Å². The fourth-order valence-corrected chi connectivity index (χ4v) is 1.62. The van der Waals surface area contributed by atoms with E-state index in [2.05, 4.69) is 0 Å². The van der Waals surface area contributed by atoms with Gasteiger partial charge in [-0.2, -0.15) is 0 Å². The predicted octanol–water partition coefficient (Wildman–Crippen LogP) is 3.68. The SMILES string of the molecule is O=C(Sc1ccccc1)C(Cl)(Cl)Cl. The summed E-state index contributed by atoms with van der Waals surface area (Å²) in [7, 11) is 0. The second kappa shape index (κ2) is 4.56. The van der Waals surface area contributed by atoms with Crippen LogP contribution in [0.5, 0.6) is 0 Å². The molecule has 0 saturated carbocycles. The molecule has 0 spiro atoms. The first-order valence-corrected chi connectivity index (χ1v) is 5.29. The molecule has 1 rings (SSSR count). The van der Waals surface area contributed by atoms with Crippen LogP contribution in [0.25, 0.3) is 0 Å². The Labute approximate surface area is 95.4 Å². The lowest BCUT2D eigenvalue weighted by Crippen LogP contribution is -2.14. The maximum Gasteiger partial charge on any atom is 0.259 e. The molecule has 0 amide bonds. The summed E-state index contributed by atoms with van der Waals surface area (Å²) in [6.45, 7) is 0. The molecule has 5 heteroatoms. The average Bonchev–Trinajstić information content (AvgIpc) is 2.04. The number of halogens is 3. The van der Waals surface area contributed by atoms with Gasteiger partial charge >= 0.3 is 0 Å². The van der Waals surface area contributed by atoms with E-state index in [1.54, 1.807) is 12.1 Å². The lowest BCUT2D eigenvalue weighted by atomic mass is 10.4. The van der Waals surface area contributed by atoms with Gasteiger partial charge in [-0.3, -0.25) is 4.79 Å². The summed E-state index contributed by atoms with van der Waals surface area (Å²) < 4.78 is -1.85. The minimum Gasteiger partial charge on any atom is -0.282 e. The molecule has 0 fully saturated rings. The van der Waals surface area contributed by atoms with Gasteiger partial charge in [0.15, 0.2) is 0 Å². The number of benzene rings is 1. The van der Waals surface area contributed by atoms with Gasteiger partial charge in [0, 0.05) is 4.90 Å².